The van der Waals surface area contributed by atoms with Crippen molar-refractivity contribution in [3.05, 3.63) is 17.6 Å². The van der Waals surface area contributed by atoms with Gasteiger partial charge in [0.2, 0.25) is 15.9 Å². The van der Waals surface area contributed by atoms with Crippen LogP contribution in [0.4, 0.5) is 5.82 Å². The van der Waals surface area contributed by atoms with Crippen molar-refractivity contribution in [2.24, 2.45) is 0 Å². The van der Waals surface area contributed by atoms with Gasteiger partial charge in [-0.2, -0.15) is 4.31 Å². The second-order valence-corrected chi connectivity index (χ2v) is 7.58. The minimum absolute atomic E-state index is 0.0366. The van der Waals surface area contributed by atoms with Crippen LogP contribution in [0.2, 0.25) is 0 Å². The molecule has 2 aliphatic rings. The summed E-state index contributed by atoms with van der Waals surface area (Å²) in [5.74, 6) is 1.22. The summed E-state index contributed by atoms with van der Waals surface area (Å²) >= 11 is 0. The predicted octanol–water partition coefficient (Wildman–Crippen LogP) is -0.572. The highest BCUT2D eigenvalue weighted by Gasteiger charge is 2.37. The molecule has 0 aliphatic carbocycles. The van der Waals surface area contributed by atoms with Crippen LogP contribution in [0.25, 0.3) is 0 Å². The number of hydrogen-bond donors (Lipinski definition) is 1. The van der Waals surface area contributed by atoms with E-state index in [2.05, 4.69) is 15.3 Å². The number of aryl methyl sites for hydroxylation is 1. The highest BCUT2D eigenvalue weighted by molar-refractivity contribution is 7.88. The first kappa shape index (κ1) is 15.2. The highest BCUT2D eigenvalue weighted by atomic mass is 32.2. The number of nitrogens with zero attached hydrogens (tertiary/aromatic N) is 4. The fourth-order valence-electron chi connectivity index (χ4n) is 2.80. The quantitative estimate of drug-likeness (QED) is 0.799. The Kier molecular flexibility index (Phi) is 3.77. The minimum atomic E-state index is -3.23. The Hall–Kier alpha value is -1.74. The van der Waals surface area contributed by atoms with Gasteiger partial charge >= 0.3 is 0 Å². The lowest BCUT2D eigenvalue weighted by molar-refractivity contribution is -0.120. The molecule has 0 bridgehead atoms. The fourth-order valence-corrected chi connectivity index (χ4v) is 3.91. The van der Waals surface area contributed by atoms with Crippen molar-refractivity contribution in [1.82, 2.24) is 19.6 Å². The molecule has 0 radical (unpaired) electrons. The largest absolute Gasteiger partial charge is 0.353 e. The molecule has 120 valence electrons. The number of carbonyl (C=O) groups excluding carboxylic acids is 1. The molecular weight excluding hydrogens is 306 g/mol. The van der Waals surface area contributed by atoms with Gasteiger partial charge in [-0.1, -0.05) is 0 Å². The Balaban J connectivity index is 1.89. The summed E-state index contributed by atoms with van der Waals surface area (Å²) in [4.78, 5) is 22.2. The summed E-state index contributed by atoms with van der Waals surface area (Å²) in [5.41, 5.74) is 0.699. The number of amides is 1. The Morgan fingerprint density at radius 2 is 2.09 bits per heavy atom. The Morgan fingerprint density at radius 1 is 1.32 bits per heavy atom. The third-order valence-corrected chi connectivity index (χ3v) is 5.23. The van der Waals surface area contributed by atoms with Gasteiger partial charge in [0.1, 0.15) is 11.6 Å². The topological polar surface area (TPSA) is 95.5 Å². The zero-order valence-corrected chi connectivity index (χ0v) is 13.4. The molecule has 2 saturated heterocycles. The maximum atomic E-state index is 11.7. The van der Waals surface area contributed by atoms with Gasteiger partial charge in [-0.05, 0) is 13.3 Å². The van der Waals surface area contributed by atoms with Crippen molar-refractivity contribution >= 4 is 21.7 Å². The normalized spacial score (nSPS) is 23.1. The molecule has 2 aliphatic heterocycles. The lowest BCUT2D eigenvalue weighted by Crippen LogP contribution is -2.48. The standard InChI is InChI=1S/C13H19N5O3S/c1-9-15-10(11-3-5-18(11)22(2,20)21)7-12(16-9)17-6-4-14-13(19)8-17/h7,11H,3-6,8H2,1-2H3,(H,14,19)/t11-/m1/s1. The molecule has 1 amide bonds. The van der Waals surface area contributed by atoms with Crippen LogP contribution in [0, 0.1) is 6.92 Å². The third kappa shape index (κ3) is 2.91. The number of sulfonamides is 1. The zero-order chi connectivity index (χ0) is 15.9. The van der Waals surface area contributed by atoms with Crippen LogP contribution in [-0.2, 0) is 14.8 Å². The van der Waals surface area contributed by atoms with E-state index in [-0.39, 0.29) is 18.5 Å². The van der Waals surface area contributed by atoms with E-state index in [9.17, 15) is 13.2 Å². The number of hydrogen-bond acceptors (Lipinski definition) is 6. The molecule has 22 heavy (non-hydrogen) atoms. The lowest BCUT2D eigenvalue weighted by atomic mass is 10.0. The predicted molar refractivity (Wildman–Crippen MR) is 80.9 cm³/mol. The molecule has 1 N–H and O–H groups in total. The number of aromatic nitrogens is 2. The number of rotatable bonds is 3. The highest BCUT2D eigenvalue weighted by Crippen LogP contribution is 2.35. The zero-order valence-electron chi connectivity index (χ0n) is 12.6. The average molecular weight is 325 g/mol. The maximum absolute atomic E-state index is 11.7. The van der Waals surface area contributed by atoms with Crippen LogP contribution in [0.15, 0.2) is 6.07 Å². The summed E-state index contributed by atoms with van der Waals surface area (Å²) in [6.45, 7) is 3.82. The van der Waals surface area contributed by atoms with Gasteiger partial charge in [-0.25, -0.2) is 18.4 Å². The van der Waals surface area contributed by atoms with Crippen molar-refractivity contribution in [2.75, 3.05) is 37.3 Å². The molecule has 1 aromatic rings. The van der Waals surface area contributed by atoms with Crippen LogP contribution >= 0.6 is 0 Å². The number of anilines is 1. The smallest absolute Gasteiger partial charge is 0.239 e. The number of piperazine rings is 1. The summed E-state index contributed by atoms with van der Waals surface area (Å²) in [5, 5.41) is 2.77. The van der Waals surface area contributed by atoms with E-state index in [0.717, 1.165) is 6.42 Å². The molecule has 1 atom stereocenters. The first-order valence-corrected chi connectivity index (χ1v) is 9.03. The van der Waals surface area contributed by atoms with Crippen molar-refractivity contribution < 1.29 is 13.2 Å². The molecule has 3 rings (SSSR count). The van der Waals surface area contributed by atoms with E-state index in [1.165, 1.54) is 10.6 Å². The minimum Gasteiger partial charge on any atom is -0.353 e. The van der Waals surface area contributed by atoms with Crippen LogP contribution in [0.5, 0.6) is 0 Å². The Morgan fingerprint density at radius 3 is 2.68 bits per heavy atom. The van der Waals surface area contributed by atoms with E-state index in [0.29, 0.717) is 37.0 Å². The third-order valence-electron chi connectivity index (χ3n) is 3.94. The second-order valence-electron chi connectivity index (χ2n) is 5.65. The summed E-state index contributed by atoms with van der Waals surface area (Å²) < 4.78 is 24.9. The van der Waals surface area contributed by atoms with Crippen molar-refractivity contribution in [2.45, 2.75) is 19.4 Å². The summed E-state index contributed by atoms with van der Waals surface area (Å²) in [7, 11) is -3.23. The first-order valence-electron chi connectivity index (χ1n) is 7.18. The van der Waals surface area contributed by atoms with E-state index < -0.39 is 10.0 Å². The maximum Gasteiger partial charge on any atom is 0.239 e. The summed E-state index contributed by atoms with van der Waals surface area (Å²) in [6.07, 6.45) is 1.96. The lowest BCUT2D eigenvalue weighted by Gasteiger charge is -2.38. The molecular formula is C13H19N5O3S. The van der Waals surface area contributed by atoms with E-state index in [1.807, 2.05) is 4.90 Å². The monoisotopic (exact) mass is 325 g/mol. The average Bonchev–Trinajstić information content (AvgIpc) is 2.34. The van der Waals surface area contributed by atoms with Crippen LogP contribution in [0.1, 0.15) is 24.0 Å². The van der Waals surface area contributed by atoms with Gasteiger partial charge in [0.25, 0.3) is 0 Å². The molecule has 0 spiro atoms. The molecule has 0 aromatic carbocycles. The molecule has 2 fully saturated rings. The summed E-state index contributed by atoms with van der Waals surface area (Å²) in [6, 6.07) is 1.57. The van der Waals surface area contributed by atoms with Gasteiger partial charge in [-0.15, -0.1) is 0 Å². The Labute approximate surface area is 129 Å². The number of carbonyl (C=O) groups is 1. The molecule has 0 unspecified atom stereocenters. The molecule has 3 heterocycles. The molecule has 1 aromatic heterocycles. The number of nitrogens with one attached hydrogen (secondary N) is 1. The van der Waals surface area contributed by atoms with Crippen molar-refractivity contribution in [3.63, 3.8) is 0 Å². The first-order chi connectivity index (χ1) is 10.3. The van der Waals surface area contributed by atoms with Gasteiger partial charge in [0.05, 0.1) is 24.5 Å². The fraction of sp³-hybridized carbons (Fsp3) is 0.615. The molecule has 8 nitrogen and oxygen atoms in total. The van der Waals surface area contributed by atoms with Gasteiger partial charge in [0, 0.05) is 25.7 Å². The molecule has 9 heteroatoms. The van der Waals surface area contributed by atoms with E-state index in [4.69, 9.17) is 0 Å². The van der Waals surface area contributed by atoms with Crippen LogP contribution < -0.4 is 10.2 Å². The van der Waals surface area contributed by atoms with Gasteiger partial charge in [-0.3, -0.25) is 4.79 Å². The SMILES string of the molecule is Cc1nc([C@H]2CCN2S(C)(=O)=O)cc(N2CCNC(=O)C2)n1. The van der Waals surface area contributed by atoms with Gasteiger partial charge < -0.3 is 10.2 Å². The second kappa shape index (κ2) is 5.47. The van der Waals surface area contributed by atoms with Crippen LogP contribution in [-0.4, -0.2) is 61.0 Å². The Bertz CT molecular complexity index is 706. The van der Waals surface area contributed by atoms with Crippen molar-refractivity contribution in [3.8, 4) is 0 Å². The molecule has 0 saturated carbocycles. The van der Waals surface area contributed by atoms with Gasteiger partial charge in [0.15, 0.2) is 0 Å². The van der Waals surface area contributed by atoms with Crippen LogP contribution in [0.3, 0.4) is 0 Å². The van der Waals surface area contributed by atoms with E-state index >= 15 is 0 Å². The van der Waals surface area contributed by atoms with Crippen molar-refractivity contribution in [1.29, 1.82) is 0 Å². The van der Waals surface area contributed by atoms with E-state index in [1.54, 1.807) is 13.0 Å².